The average molecular weight is 280 g/mol. The largest absolute Gasteiger partial charge is 0.333 e. The predicted octanol–water partition coefficient (Wildman–Crippen LogP) is 0.728. The second-order valence-electron chi connectivity index (χ2n) is 5.00. The molecule has 0 bridgehead atoms. The molecule has 19 heavy (non-hydrogen) atoms. The Kier molecular flexibility index (Phi) is 3.29. The first-order valence-corrected chi connectivity index (χ1v) is 7.03. The Morgan fingerprint density at radius 2 is 2.16 bits per heavy atom. The van der Waals surface area contributed by atoms with Gasteiger partial charge in [-0.3, -0.25) is 4.90 Å². The summed E-state index contributed by atoms with van der Waals surface area (Å²) in [6.07, 6.45) is 1.64. The maximum absolute atomic E-state index is 5.31. The molecule has 0 radical (unpaired) electrons. The number of nitrogens with zero attached hydrogens (tertiary/aromatic N) is 5. The Hall–Kier alpha value is -1.38. The van der Waals surface area contributed by atoms with Gasteiger partial charge in [-0.15, -0.1) is 5.10 Å². The van der Waals surface area contributed by atoms with Crippen LogP contribution in [0, 0.1) is 0 Å². The van der Waals surface area contributed by atoms with Gasteiger partial charge in [-0.2, -0.15) is 4.98 Å². The molecule has 0 aliphatic carbocycles. The van der Waals surface area contributed by atoms with Crippen LogP contribution in [0.15, 0.2) is 10.7 Å². The van der Waals surface area contributed by atoms with Gasteiger partial charge in [-0.05, 0) is 25.4 Å². The van der Waals surface area contributed by atoms with Crippen LogP contribution in [0.4, 0.5) is 0 Å². The summed E-state index contributed by atoms with van der Waals surface area (Å²) in [5, 5.41) is 11.2. The Labute approximate surface area is 115 Å². The quantitative estimate of drug-likeness (QED) is 0.887. The third-order valence-corrected chi connectivity index (χ3v) is 4.11. The molecule has 1 fully saturated rings. The fourth-order valence-electron chi connectivity index (χ4n) is 2.20. The Balaban J connectivity index is 1.84. The summed E-state index contributed by atoms with van der Waals surface area (Å²) in [4.78, 5) is 7.66. The first-order valence-electron chi connectivity index (χ1n) is 6.25. The lowest BCUT2D eigenvalue weighted by Crippen LogP contribution is -2.52. The number of nitrogens with one attached hydrogen (secondary N) is 1. The van der Waals surface area contributed by atoms with E-state index in [9.17, 15) is 0 Å². The third-order valence-electron chi connectivity index (χ3n) is 3.45. The second-order valence-corrected chi connectivity index (χ2v) is 5.79. The van der Waals surface area contributed by atoms with E-state index in [4.69, 9.17) is 4.52 Å². The van der Waals surface area contributed by atoms with Crippen molar-refractivity contribution in [3.05, 3.63) is 12.0 Å². The van der Waals surface area contributed by atoms with Crippen LogP contribution in [-0.4, -0.2) is 50.8 Å². The topological polar surface area (TPSA) is 80.0 Å². The van der Waals surface area contributed by atoms with Crippen molar-refractivity contribution < 1.29 is 4.52 Å². The Morgan fingerprint density at radius 1 is 1.37 bits per heavy atom. The van der Waals surface area contributed by atoms with Crippen LogP contribution in [-0.2, 0) is 5.54 Å². The van der Waals surface area contributed by atoms with Gasteiger partial charge < -0.3 is 9.84 Å². The molecule has 2 aromatic heterocycles. The second kappa shape index (κ2) is 4.95. The van der Waals surface area contributed by atoms with Crippen molar-refractivity contribution in [2.75, 3.05) is 26.2 Å². The third kappa shape index (κ3) is 2.38. The fraction of sp³-hybridized carbons (Fsp3) is 0.636. The minimum absolute atomic E-state index is 0.234. The SMILES string of the molecule is CC(C)(c1noc(-c2cnns2)n1)N1CCNCC1. The van der Waals surface area contributed by atoms with Crippen LogP contribution in [0.3, 0.4) is 0 Å². The van der Waals surface area contributed by atoms with E-state index >= 15 is 0 Å². The van der Waals surface area contributed by atoms with Crippen LogP contribution in [0.1, 0.15) is 19.7 Å². The van der Waals surface area contributed by atoms with E-state index in [1.165, 1.54) is 11.5 Å². The molecule has 0 saturated carbocycles. The number of hydrogen-bond donors (Lipinski definition) is 1. The van der Waals surface area contributed by atoms with E-state index in [-0.39, 0.29) is 5.54 Å². The van der Waals surface area contributed by atoms with Gasteiger partial charge in [0.25, 0.3) is 5.89 Å². The average Bonchev–Trinajstić information content (AvgIpc) is 3.10. The van der Waals surface area contributed by atoms with Crippen molar-refractivity contribution >= 4 is 11.5 Å². The molecule has 0 aromatic carbocycles. The zero-order valence-corrected chi connectivity index (χ0v) is 11.8. The van der Waals surface area contributed by atoms with Crippen molar-refractivity contribution in [1.29, 1.82) is 0 Å². The van der Waals surface area contributed by atoms with E-state index in [1.807, 2.05) is 0 Å². The van der Waals surface area contributed by atoms with Crippen LogP contribution in [0.25, 0.3) is 10.8 Å². The van der Waals surface area contributed by atoms with Crippen molar-refractivity contribution in [2.45, 2.75) is 19.4 Å². The molecule has 1 aliphatic rings. The fourth-order valence-corrected chi connectivity index (χ4v) is 2.64. The Morgan fingerprint density at radius 3 is 2.84 bits per heavy atom. The molecule has 8 heteroatoms. The molecule has 1 aliphatic heterocycles. The monoisotopic (exact) mass is 280 g/mol. The maximum atomic E-state index is 5.31. The normalized spacial score (nSPS) is 17.8. The summed E-state index contributed by atoms with van der Waals surface area (Å²) in [5.74, 6) is 1.20. The van der Waals surface area contributed by atoms with E-state index in [1.54, 1.807) is 6.20 Å². The van der Waals surface area contributed by atoms with E-state index in [0.29, 0.717) is 11.7 Å². The van der Waals surface area contributed by atoms with Crippen molar-refractivity contribution in [2.24, 2.45) is 0 Å². The smallest absolute Gasteiger partial charge is 0.271 e. The van der Waals surface area contributed by atoms with Gasteiger partial charge in [-0.1, -0.05) is 9.64 Å². The van der Waals surface area contributed by atoms with E-state index in [2.05, 4.69) is 43.8 Å². The summed E-state index contributed by atoms with van der Waals surface area (Å²) in [6.45, 7) is 8.20. The van der Waals surface area contributed by atoms with Gasteiger partial charge >= 0.3 is 0 Å². The Bertz CT molecular complexity index is 531. The molecule has 1 N–H and O–H groups in total. The molecule has 0 amide bonds. The van der Waals surface area contributed by atoms with Crippen LogP contribution in [0.5, 0.6) is 0 Å². The van der Waals surface area contributed by atoms with Gasteiger partial charge in [0.15, 0.2) is 5.82 Å². The number of piperazine rings is 1. The van der Waals surface area contributed by atoms with Crippen LogP contribution in [0.2, 0.25) is 0 Å². The summed E-state index contributed by atoms with van der Waals surface area (Å²) in [5.41, 5.74) is -0.234. The first-order chi connectivity index (χ1) is 9.18. The molecule has 2 aromatic rings. The van der Waals surface area contributed by atoms with Gasteiger partial charge in [0.05, 0.1) is 11.7 Å². The lowest BCUT2D eigenvalue weighted by Gasteiger charge is -2.38. The number of aromatic nitrogens is 4. The minimum Gasteiger partial charge on any atom is -0.333 e. The zero-order valence-electron chi connectivity index (χ0n) is 11.0. The highest BCUT2D eigenvalue weighted by Gasteiger charge is 2.34. The van der Waals surface area contributed by atoms with Gasteiger partial charge in [0, 0.05) is 26.2 Å². The molecular weight excluding hydrogens is 264 g/mol. The van der Waals surface area contributed by atoms with Crippen molar-refractivity contribution in [3.63, 3.8) is 0 Å². The number of hydrogen-bond acceptors (Lipinski definition) is 8. The molecular formula is C11H16N6OS. The molecule has 102 valence electrons. The van der Waals surface area contributed by atoms with Crippen LogP contribution < -0.4 is 5.32 Å². The summed E-state index contributed by atoms with van der Waals surface area (Å²) < 4.78 is 9.12. The zero-order chi connectivity index (χ0) is 13.3. The lowest BCUT2D eigenvalue weighted by molar-refractivity contribution is 0.0925. The highest BCUT2D eigenvalue weighted by atomic mass is 32.1. The van der Waals surface area contributed by atoms with E-state index < -0.39 is 0 Å². The lowest BCUT2D eigenvalue weighted by atomic mass is 10.0. The predicted molar refractivity (Wildman–Crippen MR) is 70.7 cm³/mol. The summed E-state index contributed by atoms with van der Waals surface area (Å²) in [6, 6.07) is 0. The van der Waals surface area contributed by atoms with Crippen molar-refractivity contribution in [1.82, 2.24) is 29.9 Å². The molecule has 3 heterocycles. The van der Waals surface area contributed by atoms with Gasteiger partial charge in [0.1, 0.15) is 4.88 Å². The van der Waals surface area contributed by atoms with Gasteiger partial charge in [-0.25, -0.2) is 0 Å². The molecule has 0 spiro atoms. The molecule has 1 saturated heterocycles. The molecule has 3 rings (SSSR count). The molecule has 7 nitrogen and oxygen atoms in total. The van der Waals surface area contributed by atoms with Crippen LogP contribution >= 0.6 is 11.5 Å². The standard InChI is InChI=1S/C11H16N6OS/c1-11(2,17-5-3-12-4-6-17)10-14-9(18-15-10)8-7-13-16-19-8/h7,12H,3-6H2,1-2H3. The molecule has 0 unspecified atom stereocenters. The summed E-state index contributed by atoms with van der Waals surface area (Å²) in [7, 11) is 0. The molecule has 0 atom stereocenters. The maximum Gasteiger partial charge on any atom is 0.271 e. The van der Waals surface area contributed by atoms with E-state index in [0.717, 1.165) is 31.1 Å². The van der Waals surface area contributed by atoms with Crippen molar-refractivity contribution in [3.8, 4) is 10.8 Å². The minimum atomic E-state index is -0.234. The highest BCUT2D eigenvalue weighted by Crippen LogP contribution is 2.28. The highest BCUT2D eigenvalue weighted by molar-refractivity contribution is 7.09. The van der Waals surface area contributed by atoms with Gasteiger partial charge in [0.2, 0.25) is 0 Å². The summed E-state index contributed by atoms with van der Waals surface area (Å²) >= 11 is 1.25. The first kappa shape index (κ1) is 12.6. The number of rotatable bonds is 3.